The van der Waals surface area contributed by atoms with Crippen LogP contribution in [-0.4, -0.2) is 30.2 Å². The average molecular weight is 279 g/mol. The highest BCUT2D eigenvalue weighted by Gasteiger charge is 2.10. The van der Waals surface area contributed by atoms with Crippen molar-refractivity contribution in [3.05, 3.63) is 16.8 Å². The number of anilines is 1. The molecule has 2 aromatic heterocycles. The summed E-state index contributed by atoms with van der Waals surface area (Å²) in [6.45, 7) is 5.90. The molecule has 4 nitrogen and oxygen atoms in total. The van der Waals surface area contributed by atoms with E-state index in [9.17, 15) is 0 Å². The third kappa shape index (κ3) is 3.42. The summed E-state index contributed by atoms with van der Waals surface area (Å²) in [5.74, 6) is 1.88. The van der Waals surface area contributed by atoms with Crippen LogP contribution < -0.4 is 5.32 Å². The van der Waals surface area contributed by atoms with E-state index >= 15 is 0 Å². The topological polar surface area (TPSA) is 47.0 Å². The quantitative estimate of drug-likeness (QED) is 0.790. The van der Waals surface area contributed by atoms with E-state index in [2.05, 4.69) is 35.2 Å². The highest BCUT2D eigenvalue weighted by atomic mass is 32.1. The molecule has 0 saturated heterocycles. The maximum absolute atomic E-state index is 5.06. The minimum Gasteiger partial charge on any atom is -0.385 e. The Morgan fingerprint density at radius 2 is 2.11 bits per heavy atom. The van der Waals surface area contributed by atoms with Crippen LogP contribution in [0.3, 0.4) is 0 Å². The molecule has 0 fully saturated rings. The van der Waals surface area contributed by atoms with Crippen molar-refractivity contribution in [2.45, 2.75) is 33.1 Å². The molecule has 0 aromatic carbocycles. The van der Waals surface area contributed by atoms with Crippen LogP contribution in [0, 0.1) is 0 Å². The van der Waals surface area contributed by atoms with Crippen molar-refractivity contribution < 1.29 is 4.74 Å². The van der Waals surface area contributed by atoms with Gasteiger partial charge in [0, 0.05) is 31.6 Å². The van der Waals surface area contributed by atoms with Gasteiger partial charge in [-0.15, -0.1) is 11.3 Å². The molecule has 2 heterocycles. The Morgan fingerprint density at radius 1 is 1.26 bits per heavy atom. The minimum absolute atomic E-state index is 0.770. The Kier molecular flexibility index (Phi) is 5.10. The van der Waals surface area contributed by atoms with Gasteiger partial charge in [-0.25, -0.2) is 9.97 Å². The van der Waals surface area contributed by atoms with Gasteiger partial charge in [-0.2, -0.15) is 0 Å². The fraction of sp³-hybridized carbons (Fsp3) is 0.571. The molecule has 0 amide bonds. The van der Waals surface area contributed by atoms with Crippen LogP contribution in [0.1, 0.15) is 31.0 Å². The summed E-state index contributed by atoms with van der Waals surface area (Å²) >= 11 is 1.77. The number of methoxy groups -OCH3 is 1. The fourth-order valence-corrected chi connectivity index (χ4v) is 2.89. The van der Waals surface area contributed by atoms with Crippen molar-refractivity contribution in [2.75, 3.05) is 25.6 Å². The second kappa shape index (κ2) is 6.82. The van der Waals surface area contributed by atoms with Gasteiger partial charge in [-0.1, -0.05) is 13.8 Å². The lowest BCUT2D eigenvalue weighted by Crippen LogP contribution is -2.08. The highest BCUT2D eigenvalue weighted by molar-refractivity contribution is 7.18. The lowest BCUT2D eigenvalue weighted by Gasteiger charge is -2.07. The Morgan fingerprint density at radius 3 is 2.79 bits per heavy atom. The van der Waals surface area contributed by atoms with E-state index in [1.807, 2.05) is 0 Å². The number of hydrogen-bond donors (Lipinski definition) is 1. The molecule has 0 bridgehead atoms. The molecule has 0 radical (unpaired) electrons. The van der Waals surface area contributed by atoms with E-state index in [0.717, 1.165) is 54.3 Å². The average Bonchev–Trinajstić information content (AvgIpc) is 2.86. The lowest BCUT2D eigenvalue weighted by atomic mass is 10.3. The number of ether oxygens (including phenoxy) is 1. The van der Waals surface area contributed by atoms with Gasteiger partial charge in [-0.05, 0) is 18.9 Å². The third-order valence-corrected chi connectivity index (χ3v) is 4.15. The van der Waals surface area contributed by atoms with Crippen molar-refractivity contribution in [3.63, 3.8) is 0 Å². The van der Waals surface area contributed by atoms with E-state index in [0.29, 0.717) is 0 Å². The standard InChI is InChI=1S/C14H21N3OS/c1-4-10-9-11-13(15-7-6-8-18-3)16-12(5-2)17-14(11)19-10/h9H,4-8H2,1-3H3,(H,15,16,17). The Labute approximate surface area is 118 Å². The number of rotatable bonds is 7. The van der Waals surface area contributed by atoms with Crippen LogP contribution in [0.2, 0.25) is 0 Å². The van der Waals surface area contributed by atoms with Crippen LogP contribution >= 0.6 is 11.3 Å². The fourth-order valence-electron chi connectivity index (χ4n) is 1.91. The normalized spacial score (nSPS) is 11.1. The van der Waals surface area contributed by atoms with Gasteiger partial charge in [0.05, 0.1) is 5.39 Å². The van der Waals surface area contributed by atoms with Gasteiger partial charge >= 0.3 is 0 Å². The zero-order valence-electron chi connectivity index (χ0n) is 11.8. The number of hydrogen-bond acceptors (Lipinski definition) is 5. The molecular weight excluding hydrogens is 258 g/mol. The molecule has 0 spiro atoms. The van der Waals surface area contributed by atoms with Crippen LogP contribution in [0.4, 0.5) is 5.82 Å². The third-order valence-electron chi connectivity index (χ3n) is 2.97. The largest absolute Gasteiger partial charge is 0.385 e. The zero-order chi connectivity index (χ0) is 13.7. The van der Waals surface area contributed by atoms with Gasteiger partial charge in [0.15, 0.2) is 0 Å². The van der Waals surface area contributed by atoms with Crippen LogP contribution in [-0.2, 0) is 17.6 Å². The highest BCUT2D eigenvalue weighted by Crippen LogP contribution is 2.29. The number of thiophene rings is 1. The molecule has 0 saturated carbocycles. The van der Waals surface area contributed by atoms with E-state index in [1.54, 1.807) is 18.4 Å². The van der Waals surface area contributed by atoms with Crippen molar-refractivity contribution in [1.29, 1.82) is 0 Å². The Bertz CT molecular complexity index is 539. The van der Waals surface area contributed by atoms with Gasteiger partial charge < -0.3 is 10.1 Å². The first-order chi connectivity index (χ1) is 9.28. The second-order valence-electron chi connectivity index (χ2n) is 4.40. The van der Waals surface area contributed by atoms with Crippen molar-refractivity contribution in [3.8, 4) is 0 Å². The summed E-state index contributed by atoms with van der Waals surface area (Å²) in [5, 5.41) is 4.56. The molecular formula is C14H21N3OS. The molecule has 0 unspecified atom stereocenters. The number of aryl methyl sites for hydroxylation is 2. The molecule has 0 aliphatic carbocycles. The van der Waals surface area contributed by atoms with Crippen molar-refractivity contribution in [2.24, 2.45) is 0 Å². The molecule has 0 aliphatic heterocycles. The predicted octanol–water partition coefficient (Wildman–Crippen LogP) is 3.26. The Balaban J connectivity index is 2.25. The first-order valence-electron chi connectivity index (χ1n) is 6.80. The van der Waals surface area contributed by atoms with Crippen LogP contribution in [0.15, 0.2) is 6.07 Å². The molecule has 104 valence electrons. The first kappa shape index (κ1) is 14.2. The summed E-state index contributed by atoms with van der Waals surface area (Å²) in [5.41, 5.74) is 0. The molecule has 0 atom stereocenters. The Hall–Kier alpha value is -1.20. The molecule has 2 aromatic rings. The summed E-state index contributed by atoms with van der Waals surface area (Å²) in [4.78, 5) is 11.7. The monoisotopic (exact) mass is 279 g/mol. The molecule has 5 heteroatoms. The van der Waals surface area contributed by atoms with Gasteiger partial charge in [0.25, 0.3) is 0 Å². The van der Waals surface area contributed by atoms with E-state index in [1.165, 1.54) is 4.88 Å². The van der Waals surface area contributed by atoms with Gasteiger partial charge in [0.1, 0.15) is 16.5 Å². The molecule has 0 aliphatic rings. The van der Waals surface area contributed by atoms with Gasteiger partial charge in [0.2, 0.25) is 0 Å². The second-order valence-corrected chi connectivity index (χ2v) is 5.52. The van der Waals surface area contributed by atoms with E-state index in [-0.39, 0.29) is 0 Å². The smallest absolute Gasteiger partial charge is 0.138 e. The van der Waals surface area contributed by atoms with Crippen molar-refractivity contribution >= 4 is 27.4 Å². The SMILES string of the molecule is CCc1nc(NCCCOC)c2cc(CC)sc2n1. The number of aromatic nitrogens is 2. The summed E-state index contributed by atoms with van der Waals surface area (Å²) < 4.78 is 5.06. The molecule has 2 rings (SSSR count). The molecule has 19 heavy (non-hydrogen) atoms. The summed E-state index contributed by atoms with van der Waals surface area (Å²) in [7, 11) is 1.73. The van der Waals surface area contributed by atoms with Crippen LogP contribution in [0.25, 0.3) is 10.2 Å². The van der Waals surface area contributed by atoms with Crippen LogP contribution in [0.5, 0.6) is 0 Å². The maximum atomic E-state index is 5.06. The first-order valence-corrected chi connectivity index (χ1v) is 7.62. The molecule has 1 N–H and O–H groups in total. The number of nitrogens with zero attached hydrogens (tertiary/aromatic N) is 2. The maximum Gasteiger partial charge on any atom is 0.138 e. The lowest BCUT2D eigenvalue weighted by molar-refractivity contribution is 0.198. The van der Waals surface area contributed by atoms with Crippen molar-refractivity contribution in [1.82, 2.24) is 9.97 Å². The predicted molar refractivity (Wildman–Crippen MR) is 81.2 cm³/mol. The van der Waals surface area contributed by atoms with E-state index in [4.69, 9.17) is 4.74 Å². The summed E-state index contributed by atoms with van der Waals surface area (Å²) in [6, 6.07) is 2.21. The van der Waals surface area contributed by atoms with Gasteiger partial charge in [-0.3, -0.25) is 0 Å². The summed E-state index contributed by atoms with van der Waals surface area (Å²) in [6.07, 6.45) is 2.89. The van der Waals surface area contributed by atoms with E-state index < -0.39 is 0 Å². The minimum atomic E-state index is 0.770. The number of fused-ring (bicyclic) bond motifs is 1. The zero-order valence-corrected chi connectivity index (χ0v) is 12.6. The number of nitrogens with one attached hydrogen (secondary N) is 1.